The highest BCUT2D eigenvalue weighted by Crippen LogP contribution is 2.27. The molecule has 0 spiro atoms. The predicted molar refractivity (Wildman–Crippen MR) is 49.4 cm³/mol. The molecule has 0 saturated carbocycles. The molecule has 1 heterocycles. The third-order valence-corrected chi connectivity index (χ3v) is 2.36. The molecule has 0 amide bonds. The van der Waals surface area contributed by atoms with Gasteiger partial charge in [0.2, 0.25) is 0 Å². The maximum atomic E-state index is 9.87. The lowest BCUT2D eigenvalue weighted by molar-refractivity contribution is -0.129. The van der Waals surface area contributed by atoms with E-state index in [0.29, 0.717) is 19.2 Å². The number of epoxide rings is 1. The molecule has 1 rings (SSSR count). The maximum Gasteiger partial charge on any atom is 0.293 e. The molecular formula is C10H18O3. The van der Waals surface area contributed by atoms with Crippen LogP contribution in [0.2, 0.25) is 0 Å². The van der Waals surface area contributed by atoms with Crippen molar-refractivity contribution in [2.24, 2.45) is 0 Å². The lowest BCUT2D eigenvalue weighted by Gasteiger charge is -1.95. The van der Waals surface area contributed by atoms with Crippen LogP contribution in [0.3, 0.4) is 0 Å². The lowest BCUT2D eigenvalue weighted by Crippen LogP contribution is -2.03. The molecule has 0 aromatic heterocycles. The van der Waals surface area contributed by atoms with Crippen LogP contribution in [0.25, 0.3) is 0 Å². The van der Waals surface area contributed by atoms with Crippen molar-refractivity contribution in [2.75, 3.05) is 6.61 Å². The highest BCUT2D eigenvalue weighted by Gasteiger charge is 2.38. The number of carbonyl (C=O) groups is 1. The molecule has 2 unspecified atom stereocenters. The highest BCUT2D eigenvalue weighted by molar-refractivity contribution is 5.37. The smallest absolute Gasteiger partial charge is 0.293 e. The zero-order valence-corrected chi connectivity index (χ0v) is 8.20. The molecule has 0 bridgehead atoms. The van der Waals surface area contributed by atoms with E-state index in [2.05, 4.69) is 11.7 Å². The van der Waals surface area contributed by atoms with Crippen molar-refractivity contribution in [1.82, 2.24) is 0 Å². The van der Waals surface area contributed by atoms with Gasteiger partial charge < -0.3 is 9.47 Å². The van der Waals surface area contributed by atoms with Gasteiger partial charge in [-0.3, -0.25) is 4.79 Å². The van der Waals surface area contributed by atoms with E-state index in [-0.39, 0.29) is 6.10 Å². The van der Waals surface area contributed by atoms with E-state index in [1.165, 1.54) is 25.7 Å². The van der Waals surface area contributed by atoms with E-state index in [9.17, 15) is 4.79 Å². The Labute approximate surface area is 79.4 Å². The summed E-state index contributed by atoms with van der Waals surface area (Å²) in [6.07, 6.45) is 6.76. The van der Waals surface area contributed by atoms with Crippen molar-refractivity contribution in [3.05, 3.63) is 0 Å². The Kier molecular flexibility index (Phi) is 4.83. The molecule has 1 saturated heterocycles. The van der Waals surface area contributed by atoms with E-state index in [1.54, 1.807) is 0 Å². The molecule has 3 heteroatoms. The van der Waals surface area contributed by atoms with Crippen LogP contribution < -0.4 is 0 Å². The molecule has 1 aliphatic rings. The fourth-order valence-corrected chi connectivity index (χ4v) is 1.49. The normalized spacial score (nSPS) is 25.6. The fraction of sp³-hybridized carbons (Fsp3) is 0.900. The zero-order valence-electron chi connectivity index (χ0n) is 8.20. The van der Waals surface area contributed by atoms with E-state index in [1.807, 2.05) is 0 Å². The van der Waals surface area contributed by atoms with Crippen LogP contribution in [0.1, 0.15) is 39.0 Å². The summed E-state index contributed by atoms with van der Waals surface area (Å²) in [7, 11) is 0. The minimum atomic E-state index is 0.187. The molecule has 0 aliphatic carbocycles. The molecule has 3 nitrogen and oxygen atoms in total. The van der Waals surface area contributed by atoms with E-state index >= 15 is 0 Å². The molecule has 0 radical (unpaired) electrons. The van der Waals surface area contributed by atoms with Crippen molar-refractivity contribution in [1.29, 1.82) is 0 Å². The second-order valence-electron chi connectivity index (χ2n) is 3.49. The van der Waals surface area contributed by atoms with Crippen LogP contribution in [0, 0.1) is 0 Å². The van der Waals surface area contributed by atoms with Gasteiger partial charge in [0.1, 0.15) is 12.7 Å². The molecule has 13 heavy (non-hydrogen) atoms. The molecule has 0 aromatic carbocycles. The predicted octanol–water partition coefficient (Wildman–Crippen LogP) is 1.90. The maximum absolute atomic E-state index is 9.87. The summed E-state index contributed by atoms with van der Waals surface area (Å²) in [5.41, 5.74) is 0. The van der Waals surface area contributed by atoms with Crippen LogP contribution in [-0.4, -0.2) is 25.3 Å². The molecular weight excluding hydrogens is 168 g/mol. The number of hydrogen-bond acceptors (Lipinski definition) is 3. The first kappa shape index (κ1) is 10.5. The van der Waals surface area contributed by atoms with Crippen molar-refractivity contribution in [3.8, 4) is 0 Å². The summed E-state index contributed by atoms with van der Waals surface area (Å²) in [4.78, 5) is 9.87. The van der Waals surface area contributed by atoms with Crippen LogP contribution >= 0.6 is 0 Å². The highest BCUT2D eigenvalue weighted by atomic mass is 16.6. The first-order valence-corrected chi connectivity index (χ1v) is 5.09. The Morgan fingerprint density at radius 3 is 2.85 bits per heavy atom. The van der Waals surface area contributed by atoms with Crippen LogP contribution in [0.5, 0.6) is 0 Å². The molecule has 76 valence electrons. The van der Waals surface area contributed by atoms with Crippen LogP contribution in [0.4, 0.5) is 0 Å². The third-order valence-electron chi connectivity index (χ3n) is 2.36. The minimum Gasteiger partial charge on any atom is -0.465 e. The summed E-state index contributed by atoms with van der Waals surface area (Å²) >= 11 is 0. The number of carbonyl (C=O) groups excluding carboxylic acids is 1. The average molecular weight is 186 g/mol. The van der Waals surface area contributed by atoms with Gasteiger partial charge in [-0.15, -0.1) is 0 Å². The topological polar surface area (TPSA) is 38.8 Å². The number of rotatable bonds is 8. The summed E-state index contributed by atoms with van der Waals surface area (Å²) in [6.45, 7) is 3.12. The molecule has 1 fully saturated rings. The Bertz CT molecular complexity index is 147. The number of hydrogen-bond donors (Lipinski definition) is 0. The summed E-state index contributed by atoms with van der Waals surface area (Å²) < 4.78 is 9.92. The number of unbranched alkanes of at least 4 members (excludes halogenated alkanes) is 3. The van der Waals surface area contributed by atoms with Gasteiger partial charge in [0.15, 0.2) is 0 Å². The van der Waals surface area contributed by atoms with Crippen molar-refractivity contribution in [2.45, 2.75) is 51.2 Å². The Morgan fingerprint density at radius 2 is 2.15 bits per heavy atom. The Balaban J connectivity index is 1.86. The van der Waals surface area contributed by atoms with Crippen LogP contribution in [-0.2, 0) is 14.3 Å². The number of ether oxygens (including phenoxy) is 2. The quantitative estimate of drug-likeness (QED) is 0.330. The zero-order chi connectivity index (χ0) is 9.52. The van der Waals surface area contributed by atoms with E-state index in [4.69, 9.17) is 4.74 Å². The van der Waals surface area contributed by atoms with Crippen LogP contribution in [0.15, 0.2) is 0 Å². The first-order valence-electron chi connectivity index (χ1n) is 5.09. The summed E-state index contributed by atoms with van der Waals surface area (Å²) in [5.74, 6) is 0. The van der Waals surface area contributed by atoms with Gasteiger partial charge in [-0.25, -0.2) is 0 Å². The average Bonchev–Trinajstić information content (AvgIpc) is 2.88. The largest absolute Gasteiger partial charge is 0.465 e. The van der Waals surface area contributed by atoms with Crippen molar-refractivity contribution in [3.63, 3.8) is 0 Å². The third kappa shape index (κ3) is 4.27. The SMILES string of the molecule is CCCCCCC1OC1COC=O. The van der Waals surface area contributed by atoms with E-state index < -0.39 is 0 Å². The van der Waals surface area contributed by atoms with Gasteiger partial charge in [0.05, 0.1) is 6.10 Å². The summed E-state index contributed by atoms with van der Waals surface area (Å²) in [5, 5.41) is 0. The summed E-state index contributed by atoms with van der Waals surface area (Å²) in [6, 6.07) is 0. The van der Waals surface area contributed by atoms with Crippen molar-refractivity contribution >= 4 is 6.47 Å². The second kappa shape index (κ2) is 5.97. The van der Waals surface area contributed by atoms with Gasteiger partial charge in [-0.05, 0) is 6.42 Å². The van der Waals surface area contributed by atoms with Gasteiger partial charge in [0.25, 0.3) is 6.47 Å². The standard InChI is InChI=1S/C10H18O3/c1-2-3-4-5-6-9-10(13-9)7-12-8-11/h8-10H,2-7H2,1H3. The minimum absolute atomic E-state index is 0.187. The molecule has 0 N–H and O–H groups in total. The Morgan fingerprint density at radius 1 is 1.31 bits per heavy atom. The molecule has 2 atom stereocenters. The van der Waals surface area contributed by atoms with Crippen molar-refractivity contribution < 1.29 is 14.3 Å². The first-order chi connectivity index (χ1) is 6.38. The monoisotopic (exact) mass is 186 g/mol. The van der Waals surface area contributed by atoms with E-state index in [0.717, 1.165) is 6.42 Å². The lowest BCUT2D eigenvalue weighted by atomic mass is 10.1. The second-order valence-corrected chi connectivity index (χ2v) is 3.49. The molecule has 0 aromatic rings. The molecule has 1 aliphatic heterocycles. The fourth-order valence-electron chi connectivity index (χ4n) is 1.49. The van der Waals surface area contributed by atoms with Gasteiger partial charge >= 0.3 is 0 Å². The van der Waals surface area contributed by atoms with Gasteiger partial charge in [-0.2, -0.15) is 0 Å². The van der Waals surface area contributed by atoms with Gasteiger partial charge in [-0.1, -0.05) is 32.6 Å². The van der Waals surface area contributed by atoms with Gasteiger partial charge in [0, 0.05) is 0 Å². The Hall–Kier alpha value is -0.570.